The molecule has 1 saturated heterocycles. The number of esters is 3. The highest BCUT2D eigenvalue weighted by molar-refractivity contribution is 6.21. The molecule has 0 aromatic heterocycles. The summed E-state index contributed by atoms with van der Waals surface area (Å²) in [7, 11) is 0. The number of amides is 2. The predicted octanol–water partition coefficient (Wildman–Crippen LogP) is 0.638. The molecule has 10 nitrogen and oxygen atoms in total. The molecule has 2 amide bonds. The SMILES string of the molecule is CC(=O)OC[C@H]1O[CH][C@@H](N2C(=O)c3ccccc3C2=O)[C@@H](OC(C)=O)[C@@H]1OC(C)=O. The Morgan fingerprint density at radius 1 is 0.900 bits per heavy atom. The lowest BCUT2D eigenvalue weighted by molar-refractivity contribution is -0.201. The highest BCUT2D eigenvalue weighted by Gasteiger charge is 2.52. The molecule has 1 aromatic carbocycles. The fourth-order valence-electron chi connectivity index (χ4n) is 3.43. The summed E-state index contributed by atoms with van der Waals surface area (Å²) in [6.07, 6.45) is -3.50. The highest BCUT2D eigenvalue weighted by Crippen LogP contribution is 2.33. The van der Waals surface area contributed by atoms with Gasteiger partial charge in [-0.1, -0.05) is 12.1 Å². The second kappa shape index (κ2) is 8.62. The minimum Gasteiger partial charge on any atom is -0.463 e. The fourth-order valence-corrected chi connectivity index (χ4v) is 3.43. The lowest BCUT2D eigenvalue weighted by Gasteiger charge is -2.42. The lowest BCUT2D eigenvalue weighted by atomic mass is 9.96. The van der Waals surface area contributed by atoms with Crippen LogP contribution in [0.5, 0.6) is 0 Å². The maximum atomic E-state index is 12.9. The third-order valence-corrected chi connectivity index (χ3v) is 4.60. The van der Waals surface area contributed by atoms with Crippen LogP contribution in [0.3, 0.4) is 0 Å². The van der Waals surface area contributed by atoms with Gasteiger partial charge in [0.1, 0.15) is 25.4 Å². The molecule has 159 valence electrons. The first kappa shape index (κ1) is 21.4. The number of hydrogen-bond acceptors (Lipinski definition) is 9. The standard InChI is InChI=1S/C20H20NO9/c1-10(22)27-9-16-18(30-12(3)24)17(29-11(2)23)15(8-28-16)21-19(25)13-6-4-5-7-14(13)20(21)26/h4-8,15-18H,9H2,1-3H3/t15-,16-,17-,18-/m1/s1. The molecule has 10 heteroatoms. The molecule has 30 heavy (non-hydrogen) atoms. The molecule has 2 aliphatic rings. The smallest absolute Gasteiger partial charge is 0.303 e. The minimum absolute atomic E-state index is 0.198. The van der Waals surface area contributed by atoms with Crippen molar-refractivity contribution in [2.45, 2.75) is 45.1 Å². The van der Waals surface area contributed by atoms with Gasteiger partial charge < -0.3 is 18.9 Å². The van der Waals surface area contributed by atoms with Crippen molar-refractivity contribution in [3.05, 3.63) is 42.0 Å². The van der Waals surface area contributed by atoms with Gasteiger partial charge in [0.25, 0.3) is 11.8 Å². The van der Waals surface area contributed by atoms with Gasteiger partial charge in [0.05, 0.1) is 11.1 Å². The normalized spacial score (nSPS) is 25.5. The van der Waals surface area contributed by atoms with Crippen LogP contribution in [-0.4, -0.2) is 65.6 Å². The molecule has 1 aromatic rings. The summed E-state index contributed by atoms with van der Waals surface area (Å²) in [5.74, 6) is -3.22. The summed E-state index contributed by atoms with van der Waals surface area (Å²) < 4.78 is 21.1. The fraction of sp³-hybridized carbons (Fsp3) is 0.400. The number of benzene rings is 1. The summed E-state index contributed by atoms with van der Waals surface area (Å²) in [4.78, 5) is 61.3. The quantitative estimate of drug-likeness (QED) is 0.385. The molecule has 0 N–H and O–H groups in total. The zero-order valence-electron chi connectivity index (χ0n) is 16.5. The van der Waals surface area contributed by atoms with Crippen molar-refractivity contribution < 1.29 is 42.9 Å². The Morgan fingerprint density at radius 3 is 1.93 bits per heavy atom. The summed E-state index contributed by atoms with van der Waals surface area (Å²) >= 11 is 0. The Kier molecular flexibility index (Phi) is 6.16. The van der Waals surface area contributed by atoms with Gasteiger partial charge in [0.2, 0.25) is 0 Å². The molecule has 3 rings (SSSR count). The van der Waals surface area contributed by atoms with Crippen molar-refractivity contribution in [2.75, 3.05) is 6.61 Å². The first-order chi connectivity index (χ1) is 14.2. The van der Waals surface area contributed by atoms with Crippen LogP contribution in [0.15, 0.2) is 24.3 Å². The van der Waals surface area contributed by atoms with Crippen molar-refractivity contribution in [3.8, 4) is 0 Å². The monoisotopic (exact) mass is 418 g/mol. The second-order valence-corrected chi connectivity index (χ2v) is 6.78. The Hall–Kier alpha value is -3.27. The molecule has 0 bridgehead atoms. The third-order valence-electron chi connectivity index (χ3n) is 4.60. The van der Waals surface area contributed by atoms with E-state index in [1.807, 2.05) is 0 Å². The molecule has 1 radical (unpaired) electrons. The Bertz CT molecular complexity index is 861. The van der Waals surface area contributed by atoms with E-state index in [0.717, 1.165) is 25.4 Å². The highest BCUT2D eigenvalue weighted by atomic mass is 16.6. The molecular weight excluding hydrogens is 398 g/mol. The van der Waals surface area contributed by atoms with E-state index in [0.29, 0.717) is 0 Å². The molecular formula is C20H20NO9. The van der Waals surface area contributed by atoms with E-state index >= 15 is 0 Å². The van der Waals surface area contributed by atoms with Crippen LogP contribution in [0.4, 0.5) is 0 Å². The summed E-state index contributed by atoms with van der Waals surface area (Å²) in [5, 5.41) is 0. The first-order valence-electron chi connectivity index (χ1n) is 9.14. The van der Waals surface area contributed by atoms with Gasteiger partial charge in [0.15, 0.2) is 12.2 Å². The van der Waals surface area contributed by atoms with Gasteiger partial charge in [0, 0.05) is 20.8 Å². The van der Waals surface area contributed by atoms with E-state index in [1.165, 1.54) is 19.1 Å². The number of rotatable bonds is 5. The van der Waals surface area contributed by atoms with E-state index in [9.17, 15) is 24.0 Å². The van der Waals surface area contributed by atoms with Crippen molar-refractivity contribution in [1.29, 1.82) is 0 Å². The lowest BCUT2D eigenvalue weighted by Crippen LogP contribution is -2.61. The third kappa shape index (κ3) is 4.18. The molecule has 0 unspecified atom stereocenters. The number of nitrogens with zero attached hydrogens (tertiary/aromatic N) is 1. The van der Waals surface area contributed by atoms with Gasteiger partial charge in [-0.2, -0.15) is 0 Å². The van der Waals surface area contributed by atoms with Crippen molar-refractivity contribution in [2.24, 2.45) is 0 Å². The second-order valence-electron chi connectivity index (χ2n) is 6.78. The summed E-state index contributed by atoms with van der Waals surface area (Å²) in [6, 6.07) is 5.09. The van der Waals surface area contributed by atoms with E-state index in [2.05, 4.69) is 0 Å². The Morgan fingerprint density at radius 2 is 1.43 bits per heavy atom. The van der Waals surface area contributed by atoms with E-state index < -0.39 is 54.1 Å². The van der Waals surface area contributed by atoms with Gasteiger partial charge in [-0.25, -0.2) is 0 Å². The molecule has 0 aliphatic carbocycles. The molecule has 4 atom stereocenters. The van der Waals surface area contributed by atoms with Crippen LogP contribution in [0, 0.1) is 6.61 Å². The van der Waals surface area contributed by atoms with Crippen molar-refractivity contribution >= 4 is 29.7 Å². The van der Waals surface area contributed by atoms with Crippen molar-refractivity contribution in [1.82, 2.24) is 4.90 Å². The van der Waals surface area contributed by atoms with Gasteiger partial charge in [-0.05, 0) is 12.1 Å². The van der Waals surface area contributed by atoms with Crippen LogP contribution >= 0.6 is 0 Å². The number of ether oxygens (including phenoxy) is 4. The summed E-state index contributed by atoms with van der Waals surface area (Å²) in [6.45, 7) is 4.34. The van der Waals surface area contributed by atoms with Crippen molar-refractivity contribution in [3.63, 3.8) is 0 Å². The number of carbonyl (C=O) groups is 5. The molecule has 2 heterocycles. The van der Waals surface area contributed by atoms with Gasteiger partial charge >= 0.3 is 17.9 Å². The van der Waals surface area contributed by atoms with Gasteiger partial charge in [-0.15, -0.1) is 0 Å². The Labute approximate surface area is 172 Å². The number of fused-ring (bicyclic) bond motifs is 1. The number of imide groups is 1. The zero-order chi connectivity index (χ0) is 22.0. The topological polar surface area (TPSA) is 126 Å². The molecule has 1 fully saturated rings. The summed E-state index contributed by atoms with van der Waals surface area (Å²) in [5.41, 5.74) is 0.395. The molecule has 0 saturated carbocycles. The largest absolute Gasteiger partial charge is 0.463 e. The molecule has 0 spiro atoms. The number of carbonyl (C=O) groups excluding carboxylic acids is 5. The van der Waals surface area contributed by atoms with E-state index in [4.69, 9.17) is 18.9 Å². The molecule has 2 aliphatic heterocycles. The van der Waals surface area contributed by atoms with Crippen LogP contribution in [0.1, 0.15) is 41.5 Å². The zero-order valence-corrected chi connectivity index (χ0v) is 16.5. The minimum atomic E-state index is -1.26. The maximum absolute atomic E-state index is 12.9. The predicted molar refractivity (Wildman–Crippen MR) is 97.6 cm³/mol. The van der Waals surface area contributed by atoms with Crippen LogP contribution in [-0.2, 0) is 33.3 Å². The van der Waals surface area contributed by atoms with Crippen LogP contribution < -0.4 is 0 Å². The first-order valence-corrected chi connectivity index (χ1v) is 9.14. The van der Waals surface area contributed by atoms with Crippen LogP contribution in [0.2, 0.25) is 0 Å². The van der Waals surface area contributed by atoms with Crippen LogP contribution in [0.25, 0.3) is 0 Å². The average Bonchev–Trinajstić information content (AvgIpc) is 2.92. The average molecular weight is 418 g/mol. The Balaban J connectivity index is 1.95. The van der Waals surface area contributed by atoms with E-state index in [-0.39, 0.29) is 17.7 Å². The maximum Gasteiger partial charge on any atom is 0.303 e. The van der Waals surface area contributed by atoms with E-state index in [1.54, 1.807) is 12.1 Å². The van der Waals surface area contributed by atoms with Gasteiger partial charge in [-0.3, -0.25) is 28.9 Å². The number of hydrogen-bond donors (Lipinski definition) is 0.